The van der Waals surface area contributed by atoms with Gasteiger partial charge in [-0.05, 0) is 43.9 Å². The van der Waals surface area contributed by atoms with E-state index in [0.29, 0.717) is 6.54 Å². The van der Waals surface area contributed by atoms with Crippen LogP contribution in [-0.2, 0) is 16.7 Å². The minimum Gasteiger partial charge on any atom is -0.381 e. The van der Waals surface area contributed by atoms with Crippen LogP contribution in [0.4, 0.5) is 5.69 Å². The summed E-state index contributed by atoms with van der Waals surface area (Å²) in [5.41, 5.74) is 1.93. The Bertz CT molecular complexity index is 626. The summed E-state index contributed by atoms with van der Waals surface area (Å²) in [7, 11) is -0.364. The van der Waals surface area contributed by atoms with E-state index in [0.717, 1.165) is 11.3 Å². The highest BCUT2D eigenvalue weighted by molar-refractivity contribution is 7.85. The first-order valence-corrected chi connectivity index (χ1v) is 7.85. The van der Waals surface area contributed by atoms with E-state index in [1.165, 1.54) is 12.1 Å². The van der Waals surface area contributed by atoms with Crippen molar-refractivity contribution in [2.45, 2.75) is 11.4 Å². The Balaban J connectivity index is 0.000000677. The minimum atomic E-state index is -4.11. The van der Waals surface area contributed by atoms with Gasteiger partial charge >= 0.3 is 0 Å². The Morgan fingerprint density at radius 1 is 0.952 bits per heavy atom. The molecule has 3 N–H and O–H groups in total. The highest BCUT2D eigenvalue weighted by atomic mass is 32.2. The van der Waals surface area contributed by atoms with E-state index in [1.54, 1.807) is 12.1 Å². The van der Waals surface area contributed by atoms with E-state index in [9.17, 15) is 8.42 Å². The summed E-state index contributed by atoms with van der Waals surface area (Å²) in [5, 5.41) is 5.91. The molecule has 0 heterocycles. The molecule has 21 heavy (non-hydrogen) atoms. The fraction of sp³-hybridized carbons (Fsp3) is 0.200. The average molecular weight is 308 g/mol. The maximum absolute atomic E-state index is 10.9. The molecule has 0 aromatic heterocycles. The summed E-state index contributed by atoms with van der Waals surface area (Å²) in [6.45, 7) is 0.659. The van der Waals surface area contributed by atoms with E-state index >= 15 is 0 Å². The number of anilines is 1. The summed E-state index contributed by atoms with van der Waals surface area (Å²) in [4.78, 5) is -0.104. The number of hydrogen-bond acceptors (Lipinski definition) is 4. The van der Waals surface area contributed by atoms with Gasteiger partial charge in [0.25, 0.3) is 10.1 Å². The molecule has 0 saturated carbocycles. The van der Waals surface area contributed by atoms with E-state index in [4.69, 9.17) is 4.55 Å². The van der Waals surface area contributed by atoms with Gasteiger partial charge in [-0.25, -0.2) is 0 Å². The fourth-order valence-electron chi connectivity index (χ4n) is 1.54. The lowest BCUT2D eigenvalue weighted by Crippen LogP contribution is -2.01. The number of benzene rings is 2. The molecule has 0 fully saturated rings. The summed E-state index contributed by atoms with van der Waals surface area (Å²) in [6, 6.07) is 15.8. The average Bonchev–Trinajstić information content (AvgIpc) is 2.47. The van der Waals surface area contributed by atoms with E-state index in [2.05, 4.69) is 10.6 Å². The van der Waals surface area contributed by atoms with Crippen LogP contribution < -0.4 is 10.6 Å². The third kappa shape index (κ3) is 6.40. The van der Waals surface area contributed by atoms with Crippen molar-refractivity contribution in [2.75, 3.05) is 19.4 Å². The second-order valence-electron chi connectivity index (χ2n) is 4.34. The maximum atomic E-state index is 10.9. The normalized spacial score (nSPS) is 10.4. The summed E-state index contributed by atoms with van der Waals surface area (Å²) >= 11 is 0. The number of nitrogens with one attached hydrogen (secondary N) is 2. The van der Waals surface area contributed by atoms with Crippen LogP contribution in [0, 0.1) is 0 Å². The van der Waals surface area contributed by atoms with Crippen molar-refractivity contribution in [2.24, 2.45) is 0 Å². The van der Waals surface area contributed by atoms with Crippen molar-refractivity contribution in [1.29, 1.82) is 0 Å². The number of hydrogen-bond donors (Lipinski definition) is 3. The first-order valence-electron chi connectivity index (χ1n) is 6.41. The van der Waals surface area contributed by atoms with Gasteiger partial charge in [-0.2, -0.15) is 8.42 Å². The van der Waals surface area contributed by atoms with Crippen LogP contribution in [0.3, 0.4) is 0 Å². The molecule has 0 radical (unpaired) electrons. The van der Waals surface area contributed by atoms with Gasteiger partial charge in [-0.15, -0.1) is 0 Å². The van der Waals surface area contributed by atoms with Crippen LogP contribution in [0.1, 0.15) is 5.56 Å². The van der Waals surface area contributed by atoms with E-state index in [-0.39, 0.29) is 4.90 Å². The molecule has 0 saturated heterocycles. The molecule has 2 aromatic carbocycles. The topological polar surface area (TPSA) is 78.4 Å². The summed E-state index contributed by atoms with van der Waals surface area (Å²) < 4.78 is 30.6. The van der Waals surface area contributed by atoms with Crippen LogP contribution in [0.15, 0.2) is 59.5 Å². The lowest BCUT2D eigenvalue weighted by Gasteiger charge is -2.06. The number of rotatable bonds is 4. The first kappa shape index (κ1) is 17.2. The fourth-order valence-corrected chi connectivity index (χ4v) is 2.02. The molecule has 5 nitrogen and oxygen atoms in total. The predicted molar refractivity (Wildman–Crippen MR) is 85.0 cm³/mol. The molecule has 0 amide bonds. The van der Waals surface area contributed by atoms with Gasteiger partial charge in [-0.3, -0.25) is 4.55 Å². The van der Waals surface area contributed by atoms with Crippen LogP contribution in [0.2, 0.25) is 0 Å². The Labute approximate surface area is 125 Å². The zero-order valence-electron chi connectivity index (χ0n) is 12.1. The van der Waals surface area contributed by atoms with Gasteiger partial charge in [0.15, 0.2) is 0 Å². The lowest BCUT2D eigenvalue weighted by atomic mass is 10.2. The van der Waals surface area contributed by atoms with E-state index in [1.807, 2.05) is 44.4 Å². The molecular weight excluding hydrogens is 288 g/mol. The monoisotopic (exact) mass is 308 g/mol. The highest BCUT2D eigenvalue weighted by Gasteiger charge is 2.07. The largest absolute Gasteiger partial charge is 0.381 e. The third-order valence-electron chi connectivity index (χ3n) is 2.49. The van der Waals surface area contributed by atoms with Crippen LogP contribution in [0.25, 0.3) is 0 Å². The van der Waals surface area contributed by atoms with Crippen LogP contribution >= 0.6 is 0 Å². The Kier molecular flexibility index (Phi) is 6.87. The smallest absolute Gasteiger partial charge is 0.294 e. The molecule has 0 atom stereocenters. The van der Waals surface area contributed by atoms with Gasteiger partial charge in [0.05, 0.1) is 4.90 Å². The Hall–Kier alpha value is -1.89. The van der Waals surface area contributed by atoms with Crippen molar-refractivity contribution < 1.29 is 13.0 Å². The SMILES string of the molecule is CNC.O=S(=O)(O)c1ccc(NCc2ccccc2)cc1. The molecule has 0 aliphatic rings. The molecule has 0 aliphatic carbocycles. The standard InChI is InChI=1S/C13H13NO3S.C2H7N/c15-18(16,17)13-8-6-12(7-9-13)14-10-11-4-2-1-3-5-11;1-3-2/h1-9,14H,10H2,(H,15,16,17);3H,1-2H3. The first-order chi connectivity index (χ1) is 9.97. The summed E-state index contributed by atoms with van der Waals surface area (Å²) in [5.74, 6) is 0. The van der Waals surface area contributed by atoms with Gasteiger partial charge in [0.1, 0.15) is 0 Å². The molecule has 2 rings (SSSR count). The Morgan fingerprint density at radius 3 is 1.95 bits per heavy atom. The van der Waals surface area contributed by atoms with Crippen LogP contribution in [-0.4, -0.2) is 27.1 Å². The second kappa shape index (κ2) is 8.41. The van der Waals surface area contributed by atoms with Gasteiger partial charge < -0.3 is 10.6 Å². The van der Waals surface area contributed by atoms with Crippen molar-refractivity contribution in [3.05, 3.63) is 60.2 Å². The van der Waals surface area contributed by atoms with Crippen molar-refractivity contribution in [3.8, 4) is 0 Å². The van der Waals surface area contributed by atoms with Gasteiger partial charge in [-0.1, -0.05) is 30.3 Å². The zero-order valence-corrected chi connectivity index (χ0v) is 12.9. The molecule has 0 unspecified atom stereocenters. The molecule has 2 aromatic rings. The minimum absolute atomic E-state index is 0.104. The lowest BCUT2D eigenvalue weighted by molar-refractivity contribution is 0.483. The molecule has 6 heteroatoms. The zero-order chi connectivity index (χ0) is 15.7. The third-order valence-corrected chi connectivity index (χ3v) is 3.36. The van der Waals surface area contributed by atoms with Crippen LogP contribution in [0.5, 0.6) is 0 Å². The van der Waals surface area contributed by atoms with Crippen molar-refractivity contribution in [1.82, 2.24) is 5.32 Å². The highest BCUT2D eigenvalue weighted by Crippen LogP contribution is 2.14. The maximum Gasteiger partial charge on any atom is 0.294 e. The molecule has 0 spiro atoms. The van der Waals surface area contributed by atoms with Crippen molar-refractivity contribution in [3.63, 3.8) is 0 Å². The molecule has 0 aliphatic heterocycles. The quantitative estimate of drug-likeness (QED) is 0.756. The molecule has 0 bridgehead atoms. The van der Waals surface area contributed by atoms with Gasteiger partial charge in [0, 0.05) is 12.2 Å². The predicted octanol–water partition coefficient (Wildman–Crippen LogP) is 2.38. The van der Waals surface area contributed by atoms with Crippen molar-refractivity contribution >= 4 is 15.8 Å². The second-order valence-corrected chi connectivity index (χ2v) is 5.76. The molecular formula is C15H20N2O3S. The Morgan fingerprint density at radius 2 is 1.48 bits per heavy atom. The molecule has 114 valence electrons. The van der Waals surface area contributed by atoms with Gasteiger partial charge in [0.2, 0.25) is 0 Å². The van der Waals surface area contributed by atoms with E-state index < -0.39 is 10.1 Å². The summed E-state index contributed by atoms with van der Waals surface area (Å²) in [6.07, 6.45) is 0.